The lowest BCUT2D eigenvalue weighted by atomic mass is 10.3. The molecule has 0 fully saturated rings. The molecule has 0 aliphatic heterocycles. The Morgan fingerprint density at radius 3 is 2.33 bits per heavy atom. The summed E-state index contributed by atoms with van der Waals surface area (Å²) in [4.78, 5) is 0.0744. The second-order valence-corrected chi connectivity index (χ2v) is 5.10. The summed E-state index contributed by atoms with van der Waals surface area (Å²) in [5.74, 6) is 0.590. The number of nitrogens with two attached hydrogens (primary N) is 1. The van der Waals surface area contributed by atoms with Gasteiger partial charge in [-0.05, 0) is 36.3 Å². The Hall–Kier alpha value is -0.420. The van der Waals surface area contributed by atoms with Crippen LogP contribution in [0.4, 0.5) is 14.5 Å². The average Bonchev–Trinajstić information content (AvgIpc) is 2.15. The SMILES string of the molecule is CSCCCSc1c(F)cc(N)cc1F. The average molecular weight is 249 g/mol. The fraction of sp³-hybridized carbons (Fsp3) is 0.400. The van der Waals surface area contributed by atoms with Crippen LogP contribution in [-0.2, 0) is 0 Å². The molecule has 5 heteroatoms. The van der Waals surface area contributed by atoms with Crippen LogP contribution in [0, 0.1) is 11.6 Å². The predicted octanol–water partition coefficient (Wildman–Crippen LogP) is 3.39. The Morgan fingerprint density at radius 2 is 1.80 bits per heavy atom. The van der Waals surface area contributed by atoms with Gasteiger partial charge in [-0.2, -0.15) is 11.8 Å². The number of halogens is 2. The van der Waals surface area contributed by atoms with E-state index in [0.717, 1.165) is 30.1 Å². The van der Waals surface area contributed by atoms with Crippen LogP contribution in [0.1, 0.15) is 6.42 Å². The third-order valence-corrected chi connectivity index (χ3v) is 3.63. The molecule has 0 unspecified atom stereocenters. The van der Waals surface area contributed by atoms with Gasteiger partial charge < -0.3 is 5.73 Å². The van der Waals surface area contributed by atoms with Gasteiger partial charge in [0.25, 0.3) is 0 Å². The highest BCUT2D eigenvalue weighted by atomic mass is 32.2. The summed E-state index contributed by atoms with van der Waals surface area (Å²) in [6.45, 7) is 0. The summed E-state index contributed by atoms with van der Waals surface area (Å²) in [6.07, 6.45) is 2.95. The van der Waals surface area contributed by atoms with E-state index >= 15 is 0 Å². The normalized spacial score (nSPS) is 10.6. The van der Waals surface area contributed by atoms with E-state index in [9.17, 15) is 8.78 Å². The molecule has 1 nitrogen and oxygen atoms in total. The van der Waals surface area contributed by atoms with E-state index in [1.165, 1.54) is 11.8 Å². The maximum absolute atomic E-state index is 13.3. The molecule has 1 aromatic rings. The minimum Gasteiger partial charge on any atom is -0.399 e. The quantitative estimate of drug-likeness (QED) is 0.492. The van der Waals surface area contributed by atoms with Crippen molar-refractivity contribution in [1.82, 2.24) is 0 Å². The van der Waals surface area contributed by atoms with Crippen LogP contribution in [0.25, 0.3) is 0 Å². The van der Waals surface area contributed by atoms with Crippen LogP contribution in [0.15, 0.2) is 17.0 Å². The highest BCUT2D eigenvalue weighted by molar-refractivity contribution is 7.99. The molecule has 0 amide bonds. The van der Waals surface area contributed by atoms with Gasteiger partial charge in [0.15, 0.2) is 0 Å². The van der Waals surface area contributed by atoms with Crippen LogP contribution in [-0.4, -0.2) is 17.8 Å². The molecule has 0 spiro atoms. The molecular weight excluding hydrogens is 236 g/mol. The maximum Gasteiger partial charge on any atom is 0.141 e. The third kappa shape index (κ3) is 3.91. The van der Waals surface area contributed by atoms with E-state index in [2.05, 4.69) is 0 Å². The fourth-order valence-corrected chi connectivity index (χ4v) is 2.60. The van der Waals surface area contributed by atoms with Crippen molar-refractivity contribution < 1.29 is 8.78 Å². The van der Waals surface area contributed by atoms with Gasteiger partial charge in [-0.25, -0.2) is 8.78 Å². The second-order valence-electron chi connectivity index (χ2n) is 3.01. The summed E-state index contributed by atoms with van der Waals surface area (Å²) in [5, 5.41) is 0. The second kappa shape index (κ2) is 6.23. The van der Waals surface area contributed by atoms with Crippen molar-refractivity contribution >= 4 is 29.2 Å². The number of anilines is 1. The predicted molar refractivity (Wildman–Crippen MR) is 64.5 cm³/mol. The Morgan fingerprint density at radius 1 is 1.20 bits per heavy atom. The van der Waals surface area contributed by atoms with Gasteiger partial charge in [0.2, 0.25) is 0 Å². The minimum absolute atomic E-state index is 0.0744. The van der Waals surface area contributed by atoms with Crippen LogP contribution < -0.4 is 5.73 Å². The first kappa shape index (κ1) is 12.6. The minimum atomic E-state index is -0.568. The summed E-state index contributed by atoms with van der Waals surface area (Å²) >= 11 is 2.93. The van der Waals surface area contributed by atoms with E-state index in [1.54, 1.807) is 11.8 Å². The molecule has 0 radical (unpaired) electrons. The largest absolute Gasteiger partial charge is 0.399 e. The first-order valence-corrected chi connectivity index (χ1v) is 6.89. The standard InChI is InChI=1S/C10H13F2NS2/c1-14-3-2-4-15-10-8(11)5-7(13)6-9(10)12/h5-6H,2-4,13H2,1H3. The van der Waals surface area contributed by atoms with Crippen molar-refractivity contribution in [2.45, 2.75) is 11.3 Å². The summed E-state index contributed by atoms with van der Waals surface area (Å²) in [5.41, 5.74) is 5.44. The molecule has 0 saturated carbocycles. The van der Waals surface area contributed by atoms with Gasteiger partial charge in [-0.1, -0.05) is 0 Å². The third-order valence-electron chi connectivity index (χ3n) is 1.76. The maximum atomic E-state index is 13.3. The van der Waals surface area contributed by atoms with Crippen LogP contribution in [0.2, 0.25) is 0 Å². The van der Waals surface area contributed by atoms with Gasteiger partial charge in [0.1, 0.15) is 11.6 Å². The zero-order valence-electron chi connectivity index (χ0n) is 8.43. The van der Waals surface area contributed by atoms with Gasteiger partial charge in [-0.15, -0.1) is 11.8 Å². The van der Waals surface area contributed by atoms with Gasteiger partial charge in [0.05, 0.1) is 4.90 Å². The van der Waals surface area contributed by atoms with Crippen molar-refractivity contribution in [3.8, 4) is 0 Å². The van der Waals surface area contributed by atoms with Crippen molar-refractivity contribution in [3.05, 3.63) is 23.8 Å². The lowest BCUT2D eigenvalue weighted by Gasteiger charge is -2.05. The topological polar surface area (TPSA) is 26.0 Å². The van der Waals surface area contributed by atoms with Gasteiger partial charge >= 0.3 is 0 Å². The highest BCUT2D eigenvalue weighted by Crippen LogP contribution is 2.27. The Balaban J connectivity index is 2.60. The Bertz CT molecular complexity index is 308. The van der Waals surface area contributed by atoms with Crippen molar-refractivity contribution in [3.63, 3.8) is 0 Å². The lowest BCUT2D eigenvalue weighted by molar-refractivity contribution is 0.542. The molecule has 0 atom stereocenters. The zero-order valence-corrected chi connectivity index (χ0v) is 10.1. The monoisotopic (exact) mass is 249 g/mol. The number of nitrogen functional groups attached to an aromatic ring is 1. The van der Waals surface area contributed by atoms with Crippen LogP contribution in [0.3, 0.4) is 0 Å². The number of thioether (sulfide) groups is 2. The molecule has 84 valence electrons. The first-order chi connectivity index (χ1) is 7.15. The lowest BCUT2D eigenvalue weighted by Crippen LogP contribution is -1.94. The molecule has 0 aromatic heterocycles. The summed E-state index contributed by atoms with van der Waals surface area (Å²) in [7, 11) is 0. The molecule has 15 heavy (non-hydrogen) atoms. The first-order valence-electron chi connectivity index (χ1n) is 4.51. The molecule has 0 aliphatic carbocycles. The van der Waals surface area contributed by atoms with E-state index in [0.29, 0.717) is 0 Å². The molecule has 1 aromatic carbocycles. The van der Waals surface area contributed by atoms with Crippen molar-refractivity contribution in [2.75, 3.05) is 23.5 Å². The Kier molecular flexibility index (Phi) is 5.25. The number of hydrogen-bond donors (Lipinski definition) is 1. The van der Waals surface area contributed by atoms with E-state index in [4.69, 9.17) is 5.73 Å². The Labute approximate surface area is 96.8 Å². The number of rotatable bonds is 5. The number of benzene rings is 1. The van der Waals surface area contributed by atoms with Crippen LogP contribution in [0.5, 0.6) is 0 Å². The highest BCUT2D eigenvalue weighted by Gasteiger charge is 2.10. The molecule has 0 heterocycles. The number of hydrogen-bond acceptors (Lipinski definition) is 3. The van der Waals surface area contributed by atoms with E-state index < -0.39 is 11.6 Å². The fourth-order valence-electron chi connectivity index (χ4n) is 1.09. The zero-order chi connectivity index (χ0) is 11.3. The van der Waals surface area contributed by atoms with E-state index in [1.807, 2.05) is 6.26 Å². The summed E-state index contributed by atoms with van der Waals surface area (Å²) < 4.78 is 26.5. The van der Waals surface area contributed by atoms with Crippen molar-refractivity contribution in [2.24, 2.45) is 0 Å². The molecule has 2 N–H and O–H groups in total. The summed E-state index contributed by atoms with van der Waals surface area (Å²) in [6, 6.07) is 2.31. The van der Waals surface area contributed by atoms with Gasteiger partial charge in [0, 0.05) is 5.69 Å². The van der Waals surface area contributed by atoms with Gasteiger partial charge in [-0.3, -0.25) is 0 Å². The molecular formula is C10H13F2NS2. The molecule has 0 bridgehead atoms. The molecule has 0 aliphatic rings. The van der Waals surface area contributed by atoms with Crippen molar-refractivity contribution in [1.29, 1.82) is 0 Å². The molecule has 0 saturated heterocycles. The smallest absolute Gasteiger partial charge is 0.141 e. The van der Waals surface area contributed by atoms with E-state index in [-0.39, 0.29) is 10.6 Å². The molecule has 1 rings (SSSR count). The van der Waals surface area contributed by atoms with Crippen LogP contribution >= 0.6 is 23.5 Å².